The highest BCUT2D eigenvalue weighted by molar-refractivity contribution is 5.85. The zero-order chi connectivity index (χ0) is 15.0. The van der Waals surface area contributed by atoms with Gasteiger partial charge in [0.1, 0.15) is 6.04 Å². The fourth-order valence-corrected chi connectivity index (χ4v) is 1.84. The molecule has 1 rings (SSSR count). The molecule has 1 atom stereocenters. The van der Waals surface area contributed by atoms with Crippen LogP contribution in [0.3, 0.4) is 0 Å². The van der Waals surface area contributed by atoms with E-state index in [1.165, 1.54) is 7.11 Å². The lowest BCUT2D eigenvalue weighted by Gasteiger charge is -2.14. The van der Waals surface area contributed by atoms with E-state index in [0.717, 1.165) is 11.1 Å². The third kappa shape index (κ3) is 4.99. The SMILES string of the molecule is COCCC(NC(=O)Cc1ccccc1CN)C(=O)O. The Balaban J connectivity index is 2.63. The highest BCUT2D eigenvalue weighted by Gasteiger charge is 2.19. The average Bonchev–Trinajstić information content (AvgIpc) is 2.43. The molecule has 20 heavy (non-hydrogen) atoms. The number of rotatable bonds is 8. The number of aliphatic carboxylic acids is 1. The number of hydrogen-bond acceptors (Lipinski definition) is 4. The van der Waals surface area contributed by atoms with Crippen LogP contribution < -0.4 is 11.1 Å². The highest BCUT2D eigenvalue weighted by atomic mass is 16.5. The van der Waals surface area contributed by atoms with Crippen LogP contribution in [-0.2, 0) is 27.3 Å². The summed E-state index contributed by atoms with van der Waals surface area (Å²) in [5.41, 5.74) is 7.29. The first-order valence-electron chi connectivity index (χ1n) is 6.36. The topological polar surface area (TPSA) is 102 Å². The summed E-state index contributed by atoms with van der Waals surface area (Å²) in [7, 11) is 1.48. The second kappa shape index (κ2) is 8.29. The van der Waals surface area contributed by atoms with Crippen LogP contribution >= 0.6 is 0 Å². The van der Waals surface area contributed by atoms with Crippen molar-refractivity contribution in [3.8, 4) is 0 Å². The average molecular weight is 280 g/mol. The predicted octanol–water partition coefficient (Wildman–Crippen LogP) is 0.294. The zero-order valence-electron chi connectivity index (χ0n) is 11.5. The van der Waals surface area contributed by atoms with E-state index in [9.17, 15) is 9.59 Å². The van der Waals surface area contributed by atoms with Crippen molar-refractivity contribution >= 4 is 11.9 Å². The lowest BCUT2D eigenvalue weighted by atomic mass is 10.0. The van der Waals surface area contributed by atoms with Gasteiger partial charge in [-0.2, -0.15) is 0 Å². The Kier molecular flexibility index (Phi) is 6.69. The Labute approximate surface area is 117 Å². The summed E-state index contributed by atoms with van der Waals surface area (Å²) in [6, 6.07) is 6.39. The molecule has 1 unspecified atom stereocenters. The molecule has 1 amide bonds. The molecular formula is C14H20N2O4. The molecule has 6 nitrogen and oxygen atoms in total. The number of nitrogens with one attached hydrogen (secondary N) is 1. The van der Waals surface area contributed by atoms with Crippen molar-refractivity contribution in [2.24, 2.45) is 5.73 Å². The molecule has 110 valence electrons. The number of carboxylic acids is 1. The number of methoxy groups -OCH3 is 1. The van der Waals surface area contributed by atoms with E-state index in [4.69, 9.17) is 15.6 Å². The molecule has 0 radical (unpaired) electrons. The van der Waals surface area contributed by atoms with Crippen LogP contribution in [-0.4, -0.2) is 36.7 Å². The zero-order valence-corrected chi connectivity index (χ0v) is 11.5. The van der Waals surface area contributed by atoms with E-state index in [-0.39, 0.29) is 25.4 Å². The number of carbonyl (C=O) groups excluding carboxylic acids is 1. The normalized spacial score (nSPS) is 11.9. The highest BCUT2D eigenvalue weighted by Crippen LogP contribution is 2.09. The minimum atomic E-state index is -1.07. The Morgan fingerprint density at radius 1 is 1.35 bits per heavy atom. The van der Waals surface area contributed by atoms with Gasteiger partial charge in [-0.3, -0.25) is 4.79 Å². The molecule has 0 aromatic heterocycles. The summed E-state index contributed by atoms with van der Waals surface area (Å²) in [6.07, 6.45) is 0.347. The van der Waals surface area contributed by atoms with Crippen molar-refractivity contribution in [2.45, 2.75) is 25.4 Å². The third-order valence-electron chi connectivity index (χ3n) is 2.93. The summed E-state index contributed by atoms with van der Waals surface area (Å²) in [5.74, 6) is -1.41. The summed E-state index contributed by atoms with van der Waals surface area (Å²) in [4.78, 5) is 22.9. The second-order valence-corrected chi connectivity index (χ2v) is 4.39. The number of ether oxygens (including phenoxy) is 1. The molecule has 0 aliphatic rings. The van der Waals surface area contributed by atoms with Crippen LogP contribution in [0.15, 0.2) is 24.3 Å². The van der Waals surface area contributed by atoms with Crippen molar-refractivity contribution in [3.63, 3.8) is 0 Å². The third-order valence-corrected chi connectivity index (χ3v) is 2.93. The fourth-order valence-electron chi connectivity index (χ4n) is 1.84. The Morgan fingerprint density at radius 3 is 2.55 bits per heavy atom. The van der Waals surface area contributed by atoms with Gasteiger partial charge in [0, 0.05) is 26.7 Å². The lowest BCUT2D eigenvalue weighted by molar-refractivity contribution is -0.142. The van der Waals surface area contributed by atoms with Crippen molar-refractivity contribution in [2.75, 3.05) is 13.7 Å². The van der Waals surface area contributed by atoms with E-state index >= 15 is 0 Å². The second-order valence-electron chi connectivity index (χ2n) is 4.39. The molecule has 6 heteroatoms. The van der Waals surface area contributed by atoms with Gasteiger partial charge in [-0.05, 0) is 11.1 Å². The number of benzene rings is 1. The van der Waals surface area contributed by atoms with Crippen LogP contribution in [0.4, 0.5) is 0 Å². The molecule has 0 aliphatic heterocycles. The molecular weight excluding hydrogens is 260 g/mol. The number of amides is 1. The first kappa shape index (κ1) is 16.1. The monoisotopic (exact) mass is 280 g/mol. The molecule has 0 spiro atoms. The molecule has 0 aliphatic carbocycles. The van der Waals surface area contributed by atoms with Crippen molar-refractivity contribution in [3.05, 3.63) is 35.4 Å². The van der Waals surface area contributed by atoms with Gasteiger partial charge in [0.05, 0.1) is 6.42 Å². The van der Waals surface area contributed by atoms with E-state index in [1.54, 1.807) is 0 Å². The quantitative estimate of drug-likeness (QED) is 0.635. The molecule has 1 aromatic rings. The number of hydrogen-bond donors (Lipinski definition) is 3. The van der Waals surface area contributed by atoms with Crippen LogP contribution in [0.2, 0.25) is 0 Å². The summed E-state index contributed by atoms with van der Waals surface area (Å²) >= 11 is 0. The van der Waals surface area contributed by atoms with Crippen LogP contribution in [0.1, 0.15) is 17.5 Å². The van der Waals surface area contributed by atoms with Gasteiger partial charge < -0.3 is 20.9 Å². The predicted molar refractivity (Wildman–Crippen MR) is 74.1 cm³/mol. The van der Waals surface area contributed by atoms with E-state index in [1.807, 2.05) is 24.3 Å². The maximum atomic E-state index is 11.9. The van der Waals surface area contributed by atoms with Gasteiger partial charge >= 0.3 is 5.97 Å². The molecule has 0 saturated carbocycles. The van der Waals surface area contributed by atoms with Crippen LogP contribution in [0, 0.1) is 0 Å². The number of nitrogens with two attached hydrogens (primary N) is 1. The van der Waals surface area contributed by atoms with Crippen molar-refractivity contribution < 1.29 is 19.4 Å². The Hall–Kier alpha value is -1.92. The summed E-state index contributed by atoms with van der Waals surface area (Å²) in [6.45, 7) is 0.617. The first-order valence-corrected chi connectivity index (χ1v) is 6.36. The summed E-state index contributed by atoms with van der Waals surface area (Å²) in [5, 5.41) is 11.5. The van der Waals surface area contributed by atoms with E-state index < -0.39 is 12.0 Å². The smallest absolute Gasteiger partial charge is 0.326 e. The maximum absolute atomic E-state index is 11.9. The Morgan fingerprint density at radius 2 is 2.00 bits per heavy atom. The van der Waals surface area contributed by atoms with Crippen LogP contribution in [0.5, 0.6) is 0 Å². The summed E-state index contributed by atoms with van der Waals surface area (Å²) < 4.78 is 4.83. The molecule has 1 aromatic carbocycles. The maximum Gasteiger partial charge on any atom is 0.326 e. The van der Waals surface area contributed by atoms with Gasteiger partial charge in [0.15, 0.2) is 0 Å². The molecule has 4 N–H and O–H groups in total. The molecule has 0 heterocycles. The largest absolute Gasteiger partial charge is 0.480 e. The van der Waals surface area contributed by atoms with Gasteiger partial charge in [-0.25, -0.2) is 4.79 Å². The van der Waals surface area contributed by atoms with Gasteiger partial charge in [-0.1, -0.05) is 24.3 Å². The van der Waals surface area contributed by atoms with Gasteiger partial charge in [-0.15, -0.1) is 0 Å². The number of carbonyl (C=O) groups is 2. The minimum Gasteiger partial charge on any atom is -0.480 e. The van der Waals surface area contributed by atoms with Gasteiger partial charge in [0.25, 0.3) is 0 Å². The fraction of sp³-hybridized carbons (Fsp3) is 0.429. The minimum absolute atomic E-state index is 0.115. The lowest BCUT2D eigenvalue weighted by Crippen LogP contribution is -2.42. The van der Waals surface area contributed by atoms with E-state index in [2.05, 4.69) is 5.32 Å². The molecule has 0 saturated heterocycles. The standard InChI is InChI=1S/C14H20N2O4/c1-20-7-6-12(14(18)19)16-13(17)8-10-4-2-3-5-11(10)9-15/h2-5,12H,6-9,15H2,1H3,(H,16,17)(H,18,19). The van der Waals surface area contributed by atoms with Crippen molar-refractivity contribution in [1.82, 2.24) is 5.32 Å². The first-order chi connectivity index (χ1) is 9.58. The van der Waals surface area contributed by atoms with Crippen LogP contribution in [0.25, 0.3) is 0 Å². The number of carboxylic acid groups (broad SMARTS) is 1. The Bertz CT molecular complexity index is 462. The van der Waals surface area contributed by atoms with Gasteiger partial charge in [0.2, 0.25) is 5.91 Å². The van der Waals surface area contributed by atoms with Crippen molar-refractivity contribution in [1.29, 1.82) is 0 Å². The van der Waals surface area contributed by atoms with E-state index in [0.29, 0.717) is 6.54 Å². The molecule has 0 fully saturated rings. The molecule has 0 bridgehead atoms.